The monoisotopic (exact) mass is 288 g/mol. The van der Waals surface area contributed by atoms with Crippen LogP contribution in [0, 0.1) is 0 Å². The molecule has 0 bridgehead atoms. The molecule has 0 aliphatic rings. The van der Waals surface area contributed by atoms with Crippen molar-refractivity contribution < 1.29 is 0 Å². The topological polar surface area (TPSA) is 38.0 Å². The second-order valence-corrected chi connectivity index (χ2v) is 5.41. The Hall–Kier alpha value is -0.350. The number of benzene rings is 1. The lowest BCUT2D eigenvalue weighted by Gasteiger charge is -2.16. The SMILES string of the molecule is CSCCC(C)Nc1ccc(N)cc1Br. The quantitative estimate of drug-likeness (QED) is 0.814. The lowest BCUT2D eigenvalue weighted by Crippen LogP contribution is -2.16. The smallest absolute Gasteiger partial charge is 0.0488 e. The van der Waals surface area contributed by atoms with Crippen molar-refractivity contribution in [1.29, 1.82) is 0 Å². The number of thioether (sulfide) groups is 1. The second kappa shape index (κ2) is 6.28. The Morgan fingerprint density at radius 1 is 1.53 bits per heavy atom. The molecule has 1 unspecified atom stereocenters. The van der Waals surface area contributed by atoms with Gasteiger partial charge in [-0.3, -0.25) is 0 Å². The van der Waals surface area contributed by atoms with Gasteiger partial charge in [-0.15, -0.1) is 0 Å². The summed E-state index contributed by atoms with van der Waals surface area (Å²) in [4.78, 5) is 0. The fourth-order valence-electron chi connectivity index (χ4n) is 1.28. The maximum absolute atomic E-state index is 5.68. The van der Waals surface area contributed by atoms with E-state index in [9.17, 15) is 0 Å². The molecule has 84 valence electrons. The standard InChI is InChI=1S/C11H17BrN2S/c1-8(5-6-15-2)14-11-4-3-9(13)7-10(11)12/h3-4,7-8,14H,5-6,13H2,1-2H3. The Kier molecular flexibility index (Phi) is 5.32. The number of halogens is 1. The molecule has 0 aromatic heterocycles. The molecule has 1 aromatic rings. The van der Waals surface area contributed by atoms with Crippen LogP contribution in [0.4, 0.5) is 11.4 Å². The van der Waals surface area contributed by atoms with Crippen LogP contribution in [0.15, 0.2) is 22.7 Å². The van der Waals surface area contributed by atoms with Crippen molar-refractivity contribution in [2.75, 3.05) is 23.1 Å². The van der Waals surface area contributed by atoms with Crippen LogP contribution >= 0.6 is 27.7 Å². The number of hydrogen-bond acceptors (Lipinski definition) is 3. The van der Waals surface area contributed by atoms with Crippen molar-refractivity contribution >= 4 is 39.1 Å². The number of nitrogen functional groups attached to an aromatic ring is 1. The Morgan fingerprint density at radius 3 is 2.87 bits per heavy atom. The number of rotatable bonds is 5. The Balaban J connectivity index is 2.56. The van der Waals surface area contributed by atoms with Gasteiger partial charge in [0.1, 0.15) is 0 Å². The van der Waals surface area contributed by atoms with Crippen molar-refractivity contribution in [1.82, 2.24) is 0 Å². The van der Waals surface area contributed by atoms with E-state index >= 15 is 0 Å². The third-order valence-electron chi connectivity index (χ3n) is 2.15. The van der Waals surface area contributed by atoms with Crippen LogP contribution in [0.1, 0.15) is 13.3 Å². The van der Waals surface area contributed by atoms with Gasteiger partial charge in [-0.1, -0.05) is 0 Å². The Labute approximate surface area is 104 Å². The molecule has 0 aliphatic carbocycles. The van der Waals surface area contributed by atoms with Crippen LogP contribution in [0.2, 0.25) is 0 Å². The summed E-state index contributed by atoms with van der Waals surface area (Å²) in [5.41, 5.74) is 7.57. The molecule has 15 heavy (non-hydrogen) atoms. The number of nitrogens with one attached hydrogen (secondary N) is 1. The maximum atomic E-state index is 5.68. The van der Waals surface area contributed by atoms with Crippen molar-refractivity contribution in [2.45, 2.75) is 19.4 Å². The summed E-state index contributed by atoms with van der Waals surface area (Å²) in [5.74, 6) is 1.18. The van der Waals surface area contributed by atoms with Crippen LogP contribution in [-0.4, -0.2) is 18.1 Å². The highest BCUT2D eigenvalue weighted by molar-refractivity contribution is 9.10. The van der Waals surface area contributed by atoms with Gasteiger partial charge in [0.25, 0.3) is 0 Å². The molecule has 3 N–H and O–H groups in total. The largest absolute Gasteiger partial charge is 0.399 e. The molecule has 1 aromatic carbocycles. The van der Waals surface area contributed by atoms with Crippen LogP contribution in [-0.2, 0) is 0 Å². The molecule has 0 heterocycles. The highest BCUT2D eigenvalue weighted by atomic mass is 79.9. The van der Waals surface area contributed by atoms with E-state index in [1.807, 2.05) is 30.0 Å². The highest BCUT2D eigenvalue weighted by Crippen LogP contribution is 2.25. The molecular formula is C11H17BrN2S. The van der Waals surface area contributed by atoms with E-state index in [-0.39, 0.29) is 0 Å². The predicted octanol–water partition coefficient (Wildman–Crippen LogP) is 3.58. The van der Waals surface area contributed by atoms with Crippen molar-refractivity contribution in [3.63, 3.8) is 0 Å². The van der Waals surface area contributed by atoms with Gasteiger partial charge >= 0.3 is 0 Å². The highest BCUT2D eigenvalue weighted by Gasteiger charge is 2.04. The number of nitrogens with two attached hydrogens (primary N) is 1. The molecule has 1 atom stereocenters. The first-order valence-corrected chi connectivity index (χ1v) is 7.12. The van der Waals surface area contributed by atoms with E-state index in [0.717, 1.165) is 22.3 Å². The zero-order chi connectivity index (χ0) is 11.3. The van der Waals surface area contributed by atoms with E-state index in [1.54, 1.807) is 0 Å². The first kappa shape index (κ1) is 12.7. The van der Waals surface area contributed by atoms with Crippen LogP contribution in [0.3, 0.4) is 0 Å². The van der Waals surface area contributed by atoms with Gasteiger partial charge in [-0.25, -0.2) is 0 Å². The fourth-order valence-corrected chi connectivity index (χ4v) is 2.38. The first-order valence-electron chi connectivity index (χ1n) is 4.94. The number of hydrogen-bond donors (Lipinski definition) is 2. The molecule has 0 fully saturated rings. The van der Waals surface area contributed by atoms with Gasteiger partial charge in [0.05, 0.1) is 0 Å². The molecule has 0 aliphatic heterocycles. The van der Waals surface area contributed by atoms with Crippen molar-refractivity contribution in [3.8, 4) is 0 Å². The molecule has 0 amide bonds. The molecule has 0 saturated carbocycles. The molecular weight excluding hydrogens is 272 g/mol. The third kappa shape index (κ3) is 4.34. The average molecular weight is 289 g/mol. The average Bonchev–Trinajstić information content (AvgIpc) is 2.19. The number of anilines is 2. The summed E-state index contributed by atoms with van der Waals surface area (Å²) in [6.45, 7) is 2.19. The first-order chi connectivity index (χ1) is 7.13. The fraction of sp³-hybridized carbons (Fsp3) is 0.455. The molecule has 1 rings (SSSR count). The van der Waals surface area contributed by atoms with Gasteiger partial charge in [0.15, 0.2) is 0 Å². The van der Waals surface area contributed by atoms with Crippen molar-refractivity contribution in [2.24, 2.45) is 0 Å². The van der Waals surface area contributed by atoms with Gasteiger partial charge in [-0.05, 0) is 59.5 Å². The van der Waals surface area contributed by atoms with Crippen molar-refractivity contribution in [3.05, 3.63) is 22.7 Å². The maximum Gasteiger partial charge on any atom is 0.0488 e. The molecule has 4 heteroatoms. The van der Waals surface area contributed by atoms with Gasteiger partial charge in [0.2, 0.25) is 0 Å². The lowest BCUT2D eigenvalue weighted by molar-refractivity contribution is 0.771. The van der Waals surface area contributed by atoms with E-state index in [0.29, 0.717) is 6.04 Å². The molecule has 0 radical (unpaired) electrons. The summed E-state index contributed by atoms with van der Waals surface area (Å²) in [6.07, 6.45) is 3.30. The summed E-state index contributed by atoms with van der Waals surface area (Å²) in [7, 11) is 0. The normalized spacial score (nSPS) is 12.5. The van der Waals surface area contributed by atoms with E-state index < -0.39 is 0 Å². The van der Waals surface area contributed by atoms with Crippen LogP contribution < -0.4 is 11.1 Å². The summed E-state index contributed by atoms with van der Waals surface area (Å²) >= 11 is 5.37. The Morgan fingerprint density at radius 2 is 2.27 bits per heavy atom. The van der Waals surface area contributed by atoms with E-state index in [1.165, 1.54) is 5.75 Å². The zero-order valence-corrected chi connectivity index (χ0v) is 11.5. The minimum absolute atomic E-state index is 0.484. The van der Waals surface area contributed by atoms with Gasteiger partial charge in [0, 0.05) is 21.9 Å². The van der Waals surface area contributed by atoms with E-state index in [2.05, 4.69) is 34.4 Å². The van der Waals surface area contributed by atoms with Gasteiger partial charge < -0.3 is 11.1 Å². The third-order valence-corrected chi connectivity index (χ3v) is 3.45. The zero-order valence-electron chi connectivity index (χ0n) is 9.09. The summed E-state index contributed by atoms with van der Waals surface area (Å²) < 4.78 is 1.03. The Bertz CT molecular complexity index is 317. The minimum Gasteiger partial charge on any atom is -0.399 e. The minimum atomic E-state index is 0.484. The van der Waals surface area contributed by atoms with E-state index in [4.69, 9.17) is 5.73 Å². The molecule has 0 saturated heterocycles. The summed E-state index contributed by atoms with van der Waals surface area (Å²) in [5, 5.41) is 3.46. The lowest BCUT2D eigenvalue weighted by atomic mass is 10.2. The van der Waals surface area contributed by atoms with Crippen LogP contribution in [0.25, 0.3) is 0 Å². The molecule has 2 nitrogen and oxygen atoms in total. The predicted molar refractivity (Wildman–Crippen MR) is 74.6 cm³/mol. The van der Waals surface area contributed by atoms with Gasteiger partial charge in [-0.2, -0.15) is 11.8 Å². The second-order valence-electron chi connectivity index (χ2n) is 3.57. The van der Waals surface area contributed by atoms with Crippen LogP contribution in [0.5, 0.6) is 0 Å². The molecule has 0 spiro atoms. The summed E-state index contributed by atoms with van der Waals surface area (Å²) in [6, 6.07) is 6.32.